The summed E-state index contributed by atoms with van der Waals surface area (Å²) < 4.78 is 0. The second-order valence-corrected chi connectivity index (χ2v) is 7.67. The molecular formula is C20H31ClN4O2. The number of halogens is 1. The van der Waals surface area contributed by atoms with E-state index in [0.717, 1.165) is 43.6 Å². The van der Waals surface area contributed by atoms with Crippen molar-refractivity contribution in [1.29, 1.82) is 0 Å². The van der Waals surface area contributed by atoms with Crippen molar-refractivity contribution in [3.05, 3.63) is 29.8 Å². The lowest BCUT2D eigenvalue weighted by Crippen LogP contribution is -2.52. The smallest absolute Gasteiger partial charge is 0.321 e. The van der Waals surface area contributed by atoms with Crippen molar-refractivity contribution in [3.8, 4) is 0 Å². The first kappa shape index (κ1) is 21.5. The van der Waals surface area contributed by atoms with Crippen LogP contribution in [-0.2, 0) is 4.79 Å². The van der Waals surface area contributed by atoms with Gasteiger partial charge in [0.2, 0.25) is 5.91 Å². The fourth-order valence-electron chi connectivity index (χ4n) is 3.83. The van der Waals surface area contributed by atoms with Crippen molar-refractivity contribution in [2.45, 2.75) is 39.2 Å². The number of amides is 3. The normalized spacial score (nSPS) is 25.3. The lowest BCUT2D eigenvalue weighted by molar-refractivity contribution is -0.127. The largest absolute Gasteiger partial charge is 0.353 e. The van der Waals surface area contributed by atoms with Gasteiger partial charge >= 0.3 is 6.03 Å². The molecule has 3 atom stereocenters. The molecule has 1 aromatic carbocycles. The Bertz CT molecular complexity index is 655. The van der Waals surface area contributed by atoms with E-state index in [0.29, 0.717) is 19.0 Å². The first-order chi connectivity index (χ1) is 12.5. The Labute approximate surface area is 167 Å². The van der Waals surface area contributed by atoms with Gasteiger partial charge in [-0.3, -0.25) is 4.79 Å². The number of hydrogen-bond acceptors (Lipinski definition) is 3. The molecule has 6 nitrogen and oxygen atoms in total. The predicted molar refractivity (Wildman–Crippen MR) is 110 cm³/mol. The van der Waals surface area contributed by atoms with Crippen LogP contribution in [0.25, 0.3) is 0 Å². The van der Waals surface area contributed by atoms with E-state index >= 15 is 0 Å². The number of nitrogens with one attached hydrogen (secondary N) is 3. The van der Waals surface area contributed by atoms with Crippen LogP contribution in [0, 0.1) is 18.8 Å². The number of anilines is 1. The summed E-state index contributed by atoms with van der Waals surface area (Å²) in [5, 5.41) is 9.52. The summed E-state index contributed by atoms with van der Waals surface area (Å²) in [6, 6.07) is 7.88. The molecule has 150 valence electrons. The minimum absolute atomic E-state index is 0. The molecule has 2 aliphatic rings. The molecule has 3 amide bonds. The highest BCUT2D eigenvalue weighted by Crippen LogP contribution is 2.20. The van der Waals surface area contributed by atoms with Gasteiger partial charge in [0.1, 0.15) is 0 Å². The molecule has 7 heteroatoms. The SMILES string of the molecule is Cc1cccc(NC(=O)N2CCCC(C(=O)NC3CCNCC3C)C2)c1.Cl. The third-order valence-electron chi connectivity index (χ3n) is 5.46. The topological polar surface area (TPSA) is 73.5 Å². The van der Waals surface area contributed by atoms with Gasteiger partial charge in [0, 0.05) is 24.8 Å². The monoisotopic (exact) mass is 394 g/mol. The second kappa shape index (κ2) is 9.95. The molecule has 0 aromatic heterocycles. The Morgan fingerprint density at radius 3 is 2.81 bits per heavy atom. The zero-order valence-electron chi connectivity index (χ0n) is 16.2. The molecule has 0 radical (unpaired) electrons. The molecule has 3 N–H and O–H groups in total. The maximum Gasteiger partial charge on any atom is 0.321 e. The Morgan fingerprint density at radius 2 is 2.07 bits per heavy atom. The van der Waals surface area contributed by atoms with Gasteiger partial charge < -0.3 is 20.9 Å². The van der Waals surface area contributed by atoms with Crippen LogP contribution in [0.15, 0.2) is 24.3 Å². The quantitative estimate of drug-likeness (QED) is 0.738. The number of urea groups is 1. The Morgan fingerprint density at radius 1 is 1.26 bits per heavy atom. The highest BCUT2D eigenvalue weighted by molar-refractivity contribution is 5.90. The summed E-state index contributed by atoms with van der Waals surface area (Å²) in [7, 11) is 0. The number of piperidine rings is 2. The van der Waals surface area contributed by atoms with Gasteiger partial charge in [-0.25, -0.2) is 4.79 Å². The molecular weight excluding hydrogens is 364 g/mol. The number of benzene rings is 1. The third kappa shape index (κ3) is 5.84. The second-order valence-electron chi connectivity index (χ2n) is 7.67. The van der Waals surface area contributed by atoms with E-state index in [1.54, 1.807) is 4.90 Å². The number of rotatable bonds is 3. The van der Waals surface area contributed by atoms with Crippen LogP contribution >= 0.6 is 12.4 Å². The lowest BCUT2D eigenvalue weighted by Gasteiger charge is -2.35. The molecule has 2 aliphatic heterocycles. The molecule has 0 spiro atoms. The zero-order valence-corrected chi connectivity index (χ0v) is 17.0. The molecule has 27 heavy (non-hydrogen) atoms. The molecule has 2 saturated heterocycles. The fraction of sp³-hybridized carbons (Fsp3) is 0.600. The Hall–Kier alpha value is -1.79. The van der Waals surface area contributed by atoms with Gasteiger partial charge in [-0.05, 0) is 62.9 Å². The van der Waals surface area contributed by atoms with Gasteiger partial charge in [-0.15, -0.1) is 12.4 Å². The van der Waals surface area contributed by atoms with E-state index in [1.807, 2.05) is 31.2 Å². The van der Waals surface area contributed by atoms with Crippen molar-refractivity contribution in [3.63, 3.8) is 0 Å². The minimum atomic E-state index is -0.122. The van der Waals surface area contributed by atoms with Gasteiger partial charge in [-0.2, -0.15) is 0 Å². The highest BCUT2D eigenvalue weighted by Gasteiger charge is 2.31. The van der Waals surface area contributed by atoms with Crippen molar-refractivity contribution >= 4 is 30.0 Å². The number of likely N-dealkylation sites (tertiary alicyclic amines) is 1. The standard InChI is InChI=1S/C20H30N4O2.ClH/c1-14-5-3-7-17(11-14)22-20(26)24-10-4-6-16(13-24)19(25)23-18-8-9-21-12-15(18)2;/h3,5,7,11,15-16,18,21H,4,6,8-10,12-13H2,1-2H3,(H,22,26)(H,23,25);1H. The predicted octanol–water partition coefficient (Wildman–Crippen LogP) is 2.77. The Kier molecular flexibility index (Phi) is 7.92. The molecule has 1 aromatic rings. The van der Waals surface area contributed by atoms with E-state index in [4.69, 9.17) is 0 Å². The highest BCUT2D eigenvalue weighted by atomic mass is 35.5. The molecule has 2 heterocycles. The van der Waals surface area contributed by atoms with E-state index in [-0.39, 0.29) is 36.3 Å². The van der Waals surface area contributed by atoms with Crippen LogP contribution < -0.4 is 16.0 Å². The van der Waals surface area contributed by atoms with Crippen molar-refractivity contribution in [2.24, 2.45) is 11.8 Å². The number of carbonyl (C=O) groups excluding carboxylic acids is 2. The molecule has 2 fully saturated rings. The van der Waals surface area contributed by atoms with E-state index in [1.165, 1.54) is 0 Å². The average molecular weight is 395 g/mol. The van der Waals surface area contributed by atoms with E-state index in [2.05, 4.69) is 22.9 Å². The van der Waals surface area contributed by atoms with Crippen LogP contribution in [0.4, 0.5) is 10.5 Å². The van der Waals surface area contributed by atoms with Gasteiger partial charge in [-0.1, -0.05) is 19.1 Å². The van der Waals surface area contributed by atoms with E-state index in [9.17, 15) is 9.59 Å². The summed E-state index contributed by atoms with van der Waals surface area (Å²) in [5.74, 6) is 0.419. The maximum atomic E-state index is 12.7. The molecule has 3 unspecified atom stereocenters. The van der Waals surface area contributed by atoms with Crippen LogP contribution in [0.5, 0.6) is 0 Å². The Balaban J connectivity index is 0.00000261. The summed E-state index contributed by atoms with van der Waals surface area (Å²) in [6.45, 7) is 7.25. The minimum Gasteiger partial charge on any atom is -0.353 e. The van der Waals surface area contributed by atoms with Crippen molar-refractivity contribution in [2.75, 3.05) is 31.5 Å². The summed E-state index contributed by atoms with van der Waals surface area (Å²) in [5.41, 5.74) is 1.90. The molecule has 0 aliphatic carbocycles. The molecule has 0 saturated carbocycles. The number of carbonyl (C=O) groups is 2. The van der Waals surface area contributed by atoms with Crippen LogP contribution in [0.2, 0.25) is 0 Å². The van der Waals surface area contributed by atoms with E-state index < -0.39 is 0 Å². The maximum absolute atomic E-state index is 12.7. The fourth-order valence-corrected chi connectivity index (χ4v) is 3.83. The van der Waals surface area contributed by atoms with Crippen molar-refractivity contribution < 1.29 is 9.59 Å². The third-order valence-corrected chi connectivity index (χ3v) is 5.46. The van der Waals surface area contributed by atoms with Gasteiger partial charge in [0.05, 0.1) is 5.92 Å². The first-order valence-corrected chi connectivity index (χ1v) is 9.66. The summed E-state index contributed by atoms with van der Waals surface area (Å²) in [6.07, 6.45) is 2.68. The zero-order chi connectivity index (χ0) is 18.5. The van der Waals surface area contributed by atoms with Gasteiger partial charge in [0.25, 0.3) is 0 Å². The summed E-state index contributed by atoms with van der Waals surface area (Å²) in [4.78, 5) is 27.0. The molecule has 3 rings (SSSR count). The first-order valence-electron chi connectivity index (χ1n) is 9.66. The van der Waals surface area contributed by atoms with Crippen LogP contribution in [-0.4, -0.2) is 49.1 Å². The van der Waals surface area contributed by atoms with Crippen LogP contribution in [0.3, 0.4) is 0 Å². The number of hydrogen-bond donors (Lipinski definition) is 3. The van der Waals surface area contributed by atoms with Crippen molar-refractivity contribution in [1.82, 2.24) is 15.5 Å². The molecule has 0 bridgehead atoms. The lowest BCUT2D eigenvalue weighted by atomic mass is 9.92. The van der Waals surface area contributed by atoms with Crippen LogP contribution in [0.1, 0.15) is 31.7 Å². The average Bonchev–Trinajstić information content (AvgIpc) is 2.63. The number of nitrogens with zero attached hydrogens (tertiary/aromatic N) is 1. The van der Waals surface area contributed by atoms with Gasteiger partial charge in [0.15, 0.2) is 0 Å². The summed E-state index contributed by atoms with van der Waals surface area (Å²) >= 11 is 0. The number of aryl methyl sites for hydroxylation is 1.